The molecule has 1 atom stereocenters. The minimum Gasteiger partial charge on any atom is -0.352 e. The third-order valence-electron chi connectivity index (χ3n) is 2.27. The fourth-order valence-electron chi connectivity index (χ4n) is 1.51. The molecule has 0 spiro atoms. The molecule has 0 aliphatic heterocycles. The van der Waals surface area contributed by atoms with Crippen LogP contribution in [0.3, 0.4) is 0 Å². The van der Waals surface area contributed by atoms with Crippen LogP contribution in [-0.4, -0.2) is 20.6 Å². The highest BCUT2D eigenvalue weighted by atomic mass is 35.5. The van der Waals surface area contributed by atoms with Gasteiger partial charge in [0.25, 0.3) is 0 Å². The zero-order valence-corrected chi connectivity index (χ0v) is 8.93. The molecular weight excluding hydrogens is 184 g/mol. The van der Waals surface area contributed by atoms with Crippen molar-refractivity contribution in [3.05, 3.63) is 34.9 Å². The summed E-state index contributed by atoms with van der Waals surface area (Å²) in [6.45, 7) is 0.867. The Hall–Kier alpha value is -0.570. The van der Waals surface area contributed by atoms with Gasteiger partial charge in [-0.1, -0.05) is 29.8 Å². The second kappa shape index (κ2) is 4.61. The largest absolute Gasteiger partial charge is 0.352 e. The fraction of sp³-hybridized carbons (Fsp3) is 0.400. The Balaban J connectivity index is 2.97. The zero-order chi connectivity index (χ0) is 9.84. The highest BCUT2D eigenvalue weighted by Gasteiger charge is 2.19. The first-order valence-electron chi connectivity index (χ1n) is 4.50. The number of benzene rings is 1. The Morgan fingerprint density at radius 2 is 2.00 bits per heavy atom. The molecule has 1 aromatic carbocycles. The quantitative estimate of drug-likeness (QED) is 0.676. The second-order valence-electron chi connectivity index (χ2n) is 3.44. The first kappa shape index (κ1) is 10.5. The van der Waals surface area contributed by atoms with E-state index in [4.69, 9.17) is 11.6 Å². The van der Waals surface area contributed by atoms with Gasteiger partial charge >= 0.3 is 0 Å². The van der Waals surface area contributed by atoms with E-state index in [0.717, 1.165) is 11.6 Å². The summed E-state index contributed by atoms with van der Waals surface area (Å²) < 4.78 is 0. The molecule has 0 saturated heterocycles. The minimum atomic E-state index is 0.397. The molecule has 0 aliphatic rings. The molecule has 4 N–H and O–H groups in total. The molecule has 0 fully saturated rings. The normalized spacial score (nSPS) is 13.3. The van der Waals surface area contributed by atoms with E-state index in [9.17, 15) is 0 Å². The summed E-state index contributed by atoms with van der Waals surface area (Å²) in [5.74, 6) is 0. The van der Waals surface area contributed by atoms with Gasteiger partial charge in [-0.2, -0.15) is 0 Å². The Morgan fingerprint density at radius 1 is 1.38 bits per heavy atom. The van der Waals surface area contributed by atoms with E-state index in [0.29, 0.717) is 6.04 Å². The van der Waals surface area contributed by atoms with Gasteiger partial charge in [-0.25, -0.2) is 0 Å². The number of halogens is 1. The van der Waals surface area contributed by atoms with Crippen molar-refractivity contribution in [3.63, 3.8) is 0 Å². The number of likely N-dealkylation sites (N-methyl/N-ethyl adjacent to an activating group) is 1. The summed E-state index contributed by atoms with van der Waals surface area (Å²) in [6.07, 6.45) is 0. The summed E-state index contributed by atoms with van der Waals surface area (Å²) in [6, 6.07) is 8.38. The fourth-order valence-corrected chi connectivity index (χ4v) is 1.78. The molecule has 0 aliphatic carbocycles. The van der Waals surface area contributed by atoms with Crippen LogP contribution >= 0.6 is 11.6 Å². The second-order valence-corrected chi connectivity index (χ2v) is 3.85. The molecule has 2 nitrogen and oxygen atoms in total. The first-order chi connectivity index (χ1) is 6.16. The molecule has 0 saturated carbocycles. The predicted octanol–water partition coefficient (Wildman–Crippen LogP) is -0.232. The minimum absolute atomic E-state index is 0.397. The van der Waals surface area contributed by atoms with Gasteiger partial charge in [-0.05, 0) is 6.07 Å². The Labute approximate surface area is 84.3 Å². The molecule has 1 aromatic rings. The van der Waals surface area contributed by atoms with E-state index in [1.54, 1.807) is 0 Å². The highest BCUT2D eigenvalue weighted by molar-refractivity contribution is 6.31. The van der Waals surface area contributed by atoms with Crippen LogP contribution in [0, 0.1) is 0 Å². The van der Waals surface area contributed by atoms with Crippen molar-refractivity contribution in [3.8, 4) is 0 Å². The van der Waals surface area contributed by atoms with Crippen LogP contribution in [0.4, 0.5) is 0 Å². The smallest absolute Gasteiger partial charge is 0.164 e. The molecule has 72 valence electrons. The highest BCUT2D eigenvalue weighted by Crippen LogP contribution is 2.19. The Morgan fingerprint density at radius 3 is 2.46 bits per heavy atom. The monoisotopic (exact) mass is 200 g/mol. The maximum atomic E-state index is 6.10. The Kier molecular flexibility index (Phi) is 3.72. The van der Waals surface area contributed by atoms with Crippen LogP contribution in [0.2, 0.25) is 5.02 Å². The van der Waals surface area contributed by atoms with Crippen LogP contribution in [0.25, 0.3) is 0 Å². The van der Waals surface area contributed by atoms with E-state index in [-0.39, 0.29) is 0 Å². The average molecular weight is 201 g/mol. The van der Waals surface area contributed by atoms with E-state index >= 15 is 0 Å². The van der Waals surface area contributed by atoms with Crippen LogP contribution in [0.1, 0.15) is 11.6 Å². The van der Waals surface area contributed by atoms with Gasteiger partial charge in [0.15, 0.2) is 6.04 Å². The van der Waals surface area contributed by atoms with Gasteiger partial charge in [0, 0.05) is 10.6 Å². The number of hydrogen-bond donors (Lipinski definition) is 2. The topological polar surface area (TPSA) is 32.1 Å². The third-order valence-corrected chi connectivity index (χ3v) is 2.61. The van der Waals surface area contributed by atoms with Crippen LogP contribution < -0.4 is 10.6 Å². The van der Waals surface area contributed by atoms with E-state index in [2.05, 4.69) is 25.9 Å². The van der Waals surface area contributed by atoms with Crippen LogP contribution in [0.15, 0.2) is 24.3 Å². The van der Waals surface area contributed by atoms with Crippen molar-refractivity contribution in [2.75, 3.05) is 20.6 Å². The van der Waals surface area contributed by atoms with Crippen LogP contribution in [-0.2, 0) is 0 Å². The summed E-state index contributed by atoms with van der Waals surface area (Å²) in [7, 11) is 4.25. The first-order valence-corrected chi connectivity index (χ1v) is 4.88. The van der Waals surface area contributed by atoms with E-state index in [1.807, 2.05) is 18.2 Å². The lowest BCUT2D eigenvalue weighted by Gasteiger charge is -2.19. The lowest BCUT2D eigenvalue weighted by molar-refractivity contribution is -0.899. The van der Waals surface area contributed by atoms with Crippen molar-refractivity contribution in [2.24, 2.45) is 0 Å². The molecule has 0 aromatic heterocycles. The lowest BCUT2D eigenvalue weighted by Crippen LogP contribution is -3.08. The van der Waals surface area contributed by atoms with E-state index < -0.39 is 0 Å². The van der Waals surface area contributed by atoms with Crippen molar-refractivity contribution < 1.29 is 10.6 Å². The lowest BCUT2D eigenvalue weighted by atomic mass is 10.1. The summed E-state index contributed by atoms with van der Waals surface area (Å²) in [5.41, 5.74) is 5.14. The van der Waals surface area contributed by atoms with Gasteiger partial charge in [0.1, 0.15) is 6.54 Å². The zero-order valence-electron chi connectivity index (χ0n) is 8.18. The van der Waals surface area contributed by atoms with Gasteiger partial charge in [-0.3, -0.25) is 0 Å². The third kappa shape index (κ3) is 2.44. The Bertz CT molecular complexity index is 273. The predicted molar refractivity (Wildman–Crippen MR) is 54.8 cm³/mol. The number of rotatable bonds is 3. The summed E-state index contributed by atoms with van der Waals surface area (Å²) >= 11 is 6.10. The number of nitrogens with one attached hydrogen (secondary N) is 1. The summed E-state index contributed by atoms with van der Waals surface area (Å²) in [5, 5.41) is 0.845. The van der Waals surface area contributed by atoms with Gasteiger partial charge < -0.3 is 10.6 Å². The van der Waals surface area contributed by atoms with Crippen molar-refractivity contribution in [2.45, 2.75) is 6.04 Å². The SMILES string of the molecule is C[NH+](C)[C@H](C[NH3+])c1ccccc1Cl. The van der Waals surface area contributed by atoms with E-state index in [1.165, 1.54) is 10.5 Å². The molecular formula is C10H17ClN2+2. The molecule has 13 heavy (non-hydrogen) atoms. The maximum absolute atomic E-state index is 6.10. The average Bonchev–Trinajstić information content (AvgIpc) is 2.09. The van der Waals surface area contributed by atoms with Gasteiger partial charge in [-0.15, -0.1) is 0 Å². The standard InChI is InChI=1S/C10H15ClN2/c1-13(2)10(7-12)8-5-3-4-6-9(8)11/h3-6,10H,7,12H2,1-2H3/p+2/t10-/m1/s1. The molecule has 1 rings (SSSR count). The van der Waals surface area contributed by atoms with Gasteiger partial charge in [0.05, 0.1) is 14.1 Å². The number of quaternary nitrogens is 2. The van der Waals surface area contributed by atoms with Crippen molar-refractivity contribution in [1.29, 1.82) is 0 Å². The molecule has 0 amide bonds. The van der Waals surface area contributed by atoms with Gasteiger partial charge in [0.2, 0.25) is 0 Å². The molecule has 0 bridgehead atoms. The number of hydrogen-bond acceptors (Lipinski definition) is 0. The molecule has 0 radical (unpaired) electrons. The summed E-state index contributed by atoms with van der Waals surface area (Å²) in [4.78, 5) is 1.36. The van der Waals surface area contributed by atoms with Crippen LogP contribution in [0.5, 0.6) is 0 Å². The van der Waals surface area contributed by atoms with Crippen molar-refractivity contribution >= 4 is 11.6 Å². The van der Waals surface area contributed by atoms with Crippen molar-refractivity contribution in [1.82, 2.24) is 0 Å². The molecule has 0 unspecified atom stereocenters. The molecule has 0 heterocycles. The molecule has 3 heteroatoms. The maximum Gasteiger partial charge on any atom is 0.164 e.